The van der Waals surface area contributed by atoms with Gasteiger partial charge in [-0.3, -0.25) is 0 Å². The SMILES string of the molecule is CCNCc1cc(C)nc(N(C)C(CC)CSC)c1. The van der Waals surface area contributed by atoms with E-state index < -0.39 is 0 Å². The van der Waals surface area contributed by atoms with Crippen molar-refractivity contribution in [1.29, 1.82) is 0 Å². The van der Waals surface area contributed by atoms with E-state index in [0.29, 0.717) is 6.04 Å². The van der Waals surface area contributed by atoms with Gasteiger partial charge in [-0.2, -0.15) is 11.8 Å². The number of aryl methyl sites for hydroxylation is 1. The molecule has 0 radical (unpaired) electrons. The van der Waals surface area contributed by atoms with E-state index in [2.05, 4.69) is 61.4 Å². The molecule has 0 aliphatic carbocycles. The minimum atomic E-state index is 0.552. The van der Waals surface area contributed by atoms with Crippen LogP contribution in [0.1, 0.15) is 31.5 Å². The Balaban J connectivity index is 2.88. The highest BCUT2D eigenvalue weighted by Crippen LogP contribution is 2.19. The van der Waals surface area contributed by atoms with Crippen LogP contribution in [0.15, 0.2) is 12.1 Å². The second kappa shape index (κ2) is 8.43. The highest BCUT2D eigenvalue weighted by atomic mass is 32.2. The number of nitrogens with zero attached hydrogens (tertiary/aromatic N) is 2. The Labute approximate surface area is 122 Å². The lowest BCUT2D eigenvalue weighted by molar-refractivity contribution is 0.663. The van der Waals surface area contributed by atoms with E-state index in [1.165, 1.54) is 5.56 Å². The molecule has 1 unspecified atom stereocenters. The first-order valence-corrected chi connectivity index (χ1v) is 8.41. The Morgan fingerprint density at radius 3 is 2.68 bits per heavy atom. The maximum absolute atomic E-state index is 4.68. The van der Waals surface area contributed by atoms with Gasteiger partial charge in [0.05, 0.1) is 0 Å². The number of rotatable bonds is 8. The number of thioether (sulfide) groups is 1. The number of anilines is 1. The summed E-state index contributed by atoms with van der Waals surface area (Å²) in [6, 6.07) is 4.92. The predicted molar refractivity (Wildman–Crippen MR) is 87.2 cm³/mol. The van der Waals surface area contributed by atoms with Gasteiger partial charge in [0.15, 0.2) is 0 Å². The molecule has 0 aliphatic rings. The van der Waals surface area contributed by atoms with Gasteiger partial charge in [0.25, 0.3) is 0 Å². The third-order valence-corrected chi connectivity index (χ3v) is 4.04. The van der Waals surface area contributed by atoms with Crippen molar-refractivity contribution in [3.8, 4) is 0 Å². The molecule has 1 aromatic heterocycles. The van der Waals surface area contributed by atoms with Gasteiger partial charge in [-0.05, 0) is 43.8 Å². The van der Waals surface area contributed by atoms with E-state index in [-0.39, 0.29) is 0 Å². The van der Waals surface area contributed by atoms with Crippen molar-refractivity contribution in [3.63, 3.8) is 0 Å². The van der Waals surface area contributed by atoms with Crippen LogP contribution in [0.25, 0.3) is 0 Å². The van der Waals surface area contributed by atoms with E-state index in [9.17, 15) is 0 Å². The molecule has 0 spiro atoms. The smallest absolute Gasteiger partial charge is 0.129 e. The zero-order valence-electron chi connectivity index (χ0n) is 12.9. The van der Waals surface area contributed by atoms with Crippen molar-refractivity contribution >= 4 is 17.6 Å². The Morgan fingerprint density at radius 1 is 1.37 bits per heavy atom. The summed E-state index contributed by atoms with van der Waals surface area (Å²) in [5, 5.41) is 3.38. The average molecular weight is 281 g/mol. The van der Waals surface area contributed by atoms with Gasteiger partial charge in [0.2, 0.25) is 0 Å². The zero-order chi connectivity index (χ0) is 14.3. The molecule has 3 nitrogen and oxygen atoms in total. The molecule has 1 atom stereocenters. The van der Waals surface area contributed by atoms with Crippen LogP contribution in [-0.2, 0) is 6.54 Å². The number of pyridine rings is 1. The largest absolute Gasteiger partial charge is 0.356 e. The van der Waals surface area contributed by atoms with Gasteiger partial charge in [-0.1, -0.05) is 13.8 Å². The maximum Gasteiger partial charge on any atom is 0.129 e. The Morgan fingerprint density at radius 2 is 2.11 bits per heavy atom. The lowest BCUT2D eigenvalue weighted by Gasteiger charge is -2.28. The Kier molecular flexibility index (Phi) is 7.24. The third kappa shape index (κ3) is 5.03. The van der Waals surface area contributed by atoms with Crippen LogP contribution in [0.3, 0.4) is 0 Å². The molecule has 1 rings (SSSR count). The molecular formula is C15H27N3S. The number of aromatic nitrogens is 1. The molecular weight excluding hydrogens is 254 g/mol. The number of nitrogens with one attached hydrogen (secondary N) is 1. The van der Waals surface area contributed by atoms with Gasteiger partial charge in [-0.15, -0.1) is 0 Å². The van der Waals surface area contributed by atoms with Crippen molar-refractivity contribution < 1.29 is 0 Å². The molecule has 0 aliphatic heterocycles. The molecule has 108 valence electrons. The molecule has 0 saturated carbocycles. The first kappa shape index (κ1) is 16.3. The molecule has 0 saturated heterocycles. The fraction of sp³-hybridized carbons (Fsp3) is 0.667. The molecule has 1 aromatic rings. The third-order valence-electron chi connectivity index (χ3n) is 3.32. The molecule has 0 amide bonds. The van der Waals surface area contributed by atoms with E-state index in [4.69, 9.17) is 0 Å². The van der Waals surface area contributed by atoms with E-state index >= 15 is 0 Å². The quantitative estimate of drug-likeness (QED) is 0.792. The van der Waals surface area contributed by atoms with Crippen LogP contribution < -0.4 is 10.2 Å². The van der Waals surface area contributed by atoms with Crippen LogP contribution in [0.2, 0.25) is 0 Å². The molecule has 19 heavy (non-hydrogen) atoms. The highest BCUT2D eigenvalue weighted by Gasteiger charge is 2.14. The van der Waals surface area contributed by atoms with Crippen LogP contribution in [0.5, 0.6) is 0 Å². The van der Waals surface area contributed by atoms with Crippen molar-refractivity contribution in [1.82, 2.24) is 10.3 Å². The summed E-state index contributed by atoms with van der Waals surface area (Å²) < 4.78 is 0. The predicted octanol–water partition coefficient (Wildman–Crippen LogP) is 3.08. The average Bonchev–Trinajstić information content (AvgIpc) is 2.41. The topological polar surface area (TPSA) is 28.2 Å². The Hall–Kier alpha value is -0.740. The summed E-state index contributed by atoms with van der Waals surface area (Å²) in [5.41, 5.74) is 2.41. The zero-order valence-corrected chi connectivity index (χ0v) is 13.7. The van der Waals surface area contributed by atoms with Crippen LogP contribution in [0.4, 0.5) is 5.82 Å². The summed E-state index contributed by atoms with van der Waals surface area (Å²) in [6.07, 6.45) is 3.31. The van der Waals surface area contributed by atoms with Crippen molar-refractivity contribution in [2.45, 2.75) is 39.8 Å². The summed E-state index contributed by atoms with van der Waals surface area (Å²) >= 11 is 1.90. The fourth-order valence-electron chi connectivity index (χ4n) is 2.16. The maximum atomic E-state index is 4.68. The molecule has 0 fully saturated rings. The second-order valence-electron chi connectivity index (χ2n) is 4.88. The van der Waals surface area contributed by atoms with E-state index in [0.717, 1.165) is 36.8 Å². The van der Waals surface area contributed by atoms with Crippen molar-refractivity contribution in [2.24, 2.45) is 0 Å². The van der Waals surface area contributed by atoms with Gasteiger partial charge in [-0.25, -0.2) is 4.98 Å². The van der Waals surface area contributed by atoms with Crippen LogP contribution in [0, 0.1) is 6.92 Å². The summed E-state index contributed by atoms with van der Waals surface area (Å²) in [4.78, 5) is 7.00. The van der Waals surface area contributed by atoms with Crippen LogP contribution in [-0.4, -0.2) is 36.6 Å². The van der Waals surface area contributed by atoms with Gasteiger partial charge < -0.3 is 10.2 Å². The van der Waals surface area contributed by atoms with Crippen molar-refractivity contribution in [2.75, 3.05) is 30.5 Å². The van der Waals surface area contributed by atoms with Crippen LogP contribution >= 0.6 is 11.8 Å². The van der Waals surface area contributed by atoms with Gasteiger partial charge in [0, 0.05) is 31.1 Å². The van der Waals surface area contributed by atoms with E-state index in [1.54, 1.807) is 0 Å². The normalized spacial score (nSPS) is 12.5. The summed E-state index contributed by atoms with van der Waals surface area (Å²) in [5.74, 6) is 2.24. The van der Waals surface area contributed by atoms with Gasteiger partial charge in [0.1, 0.15) is 5.82 Å². The molecule has 1 heterocycles. The molecule has 1 N–H and O–H groups in total. The minimum Gasteiger partial charge on any atom is -0.356 e. The number of hydrogen-bond acceptors (Lipinski definition) is 4. The number of hydrogen-bond donors (Lipinski definition) is 1. The van der Waals surface area contributed by atoms with E-state index in [1.807, 2.05) is 11.8 Å². The summed E-state index contributed by atoms with van der Waals surface area (Å²) in [6.45, 7) is 8.36. The first-order valence-electron chi connectivity index (χ1n) is 7.02. The van der Waals surface area contributed by atoms with Crippen molar-refractivity contribution in [3.05, 3.63) is 23.4 Å². The lowest BCUT2D eigenvalue weighted by atomic mass is 10.2. The minimum absolute atomic E-state index is 0.552. The second-order valence-corrected chi connectivity index (χ2v) is 5.79. The standard InChI is InChI=1S/C15H27N3S/c1-6-14(11-19-5)18(4)15-9-13(10-16-7-2)8-12(3)17-15/h8-9,14,16H,6-7,10-11H2,1-5H3. The summed E-state index contributed by atoms with van der Waals surface area (Å²) in [7, 11) is 2.16. The molecule has 4 heteroatoms. The first-order chi connectivity index (χ1) is 9.12. The van der Waals surface area contributed by atoms with Gasteiger partial charge >= 0.3 is 0 Å². The highest BCUT2D eigenvalue weighted by molar-refractivity contribution is 7.98. The molecule has 0 aromatic carbocycles. The fourth-order valence-corrected chi connectivity index (χ4v) is 3.00. The lowest BCUT2D eigenvalue weighted by Crippen LogP contribution is -2.34. The molecule has 0 bridgehead atoms. The Bertz CT molecular complexity index is 382. The monoisotopic (exact) mass is 281 g/mol.